The molecule has 2 aliphatic rings. The fourth-order valence-corrected chi connectivity index (χ4v) is 10.5. The summed E-state index contributed by atoms with van der Waals surface area (Å²) in [4.78, 5) is 92.1. The Kier molecular flexibility index (Phi) is 19.8. The van der Waals surface area contributed by atoms with Gasteiger partial charge in [0.25, 0.3) is 11.8 Å². The number of hydrogen-bond donors (Lipinski definition) is 4. The number of nitrogens with one attached hydrogen (secondary N) is 4. The number of benzene rings is 6. The highest BCUT2D eigenvalue weighted by Crippen LogP contribution is 2.29. The van der Waals surface area contributed by atoms with E-state index in [-0.39, 0.29) is 47.5 Å². The van der Waals surface area contributed by atoms with Crippen LogP contribution in [0.2, 0.25) is 0 Å². The van der Waals surface area contributed by atoms with Gasteiger partial charge in [0.1, 0.15) is 12.1 Å². The zero-order valence-electron chi connectivity index (χ0n) is 45.4. The van der Waals surface area contributed by atoms with Crippen LogP contribution in [0.5, 0.6) is 0 Å². The molecule has 0 aromatic heterocycles. The first-order chi connectivity index (χ1) is 37.9. The predicted molar refractivity (Wildman–Crippen MR) is 305 cm³/mol. The van der Waals surface area contributed by atoms with Gasteiger partial charge in [-0.25, -0.2) is 0 Å². The van der Waals surface area contributed by atoms with E-state index in [0.29, 0.717) is 74.4 Å². The molecule has 78 heavy (non-hydrogen) atoms. The van der Waals surface area contributed by atoms with Gasteiger partial charge >= 0.3 is 0 Å². The van der Waals surface area contributed by atoms with Crippen LogP contribution in [-0.4, -0.2) is 133 Å². The Bertz CT molecular complexity index is 2730. The summed E-state index contributed by atoms with van der Waals surface area (Å²) in [6, 6.07) is 50.5. The van der Waals surface area contributed by atoms with E-state index in [9.17, 15) is 28.8 Å². The van der Waals surface area contributed by atoms with E-state index in [1.54, 1.807) is 27.9 Å². The van der Waals surface area contributed by atoms with E-state index < -0.39 is 24.2 Å². The van der Waals surface area contributed by atoms with Gasteiger partial charge in [-0.3, -0.25) is 28.8 Å². The molecule has 2 aliphatic heterocycles. The molecule has 0 saturated carbocycles. The highest BCUT2D eigenvalue weighted by molar-refractivity contribution is 5.96. The zero-order valence-corrected chi connectivity index (χ0v) is 45.4. The van der Waals surface area contributed by atoms with Crippen molar-refractivity contribution in [3.8, 4) is 11.1 Å². The van der Waals surface area contributed by atoms with Crippen molar-refractivity contribution in [2.45, 2.75) is 88.6 Å². The SMILES string of the molecule is CN[C@@H](C)C(=O)N[C@H](C(=O)N1CCC[C@@H]1CN(CCc1ccccc1)C(=O)c1ccc(-c2ccc(C(=O)N(CCc3ccccc3)C[C@@H]3CCCN3C(=O)[C@@H](NC(=O)[C@H](C)NC)c3ccccc3)cc2)cc1)c1ccccc1. The minimum Gasteiger partial charge on any atom is -0.339 e. The highest BCUT2D eigenvalue weighted by atomic mass is 16.2. The minimum atomic E-state index is -0.879. The van der Waals surface area contributed by atoms with E-state index >= 15 is 0 Å². The molecule has 2 heterocycles. The van der Waals surface area contributed by atoms with Gasteiger partial charge in [-0.1, -0.05) is 146 Å². The number of hydrogen-bond acceptors (Lipinski definition) is 8. The molecule has 406 valence electrons. The normalized spacial score (nSPS) is 16.6. The largest absolute Gasteiger partial charge is 0.339 e. The minimum absolute atomic E-state index is 0.143. The molecule has 0 bridgehead atoms. The van der Waals surface area contributed by atoms with Crippen molar-refractivity contribution in [2.75, 3.05) is 53.4 Å². The van der Waals surface area contributed by atoms with Crippen LogP contribution in [0.1, 0.15) is 94.6 Å². The summed E-state index contributed by atoms with van der Waals surface area (Å²) < 4.78 is 0. The topological polar surface area (TPSA) is 163 Å². The van der Waals surface area contributed by atoms with Crippen LogP contribution in [0.25, 0.3) is 11.1 Å². The molecule has 0 unspecified atom stereocenters. The Morgan fingerprint density at radius 2 is 0.808 bits per heavy atom. The van der Waals surface area contributed by atoms with Gasteiger partial charge in [0.05, 0.1) is 12.1 Å². The van der Waals surface area contributed by atoms with Crippen LogP contribution in [-0.2, 0) is 32.0 Å². The number of likely N-dealkylation sites (N-methyl/N-ethyl adjacent to an activating group) is 2. The first kappa shape index (κ1) is 56.3. The molecular weight excluding hydrogens is 977 g/mol. The van der Waals surface area contributed by atoms with Crippen LogP contribution in [0.15, 0.2) is 170 Å². The molecule has 2 fully saturated rings. The lowest BCUT2D eigenvalue weighted by molar-refractivity contribution is -0.138. The van der Waals surface area contributed by atoms with Crippen molar-refractivity contribution in [3.05, 3.63) is 203 Å². The van der Waals surface area contributed by atoms with Crippen LogP contribution in [0.4, 0.5) is 0 Å². The predicted octanol–water partition coefficient (Wildman–Crippen LogP) is 7.64. The summed E-state index contributed by atoms with van der Waals surface area (Å²) in [5.41, 5.74) is 6.38. The average Bonchev–Trinajstić information content (AvgIpc) is 4.21. The molecule has 0 spiro atoms. The molecule has 8 rings (SSSR count). The average molecular weight is 1050 g/mol. The second kappa shape index (κ2) is 27.4. The highest BCUT2D eigenvalue weighted by Gasteiger charge is 2.39. The Hall–Kier alpha value is -7.94. The van der Waals surface area contributed by atoms with Gasteiger partial charge in [0.2, 0.25) is 23.6 Å². The Morgan fingerprint density at radius 1 is 0.474 bits per heavy atom. The summed E-state index contributed by atoms with van der Waals surface area (Å²) in [7, 11) is 3.41. The standard InChI is InChI=1S/C64H74N8O6/c1-45(65-3)59(73)67-57(51-23-13-7-14-24-51)63(77)71-39-17-27-55(71)43-69(41-37-47-19-9-5-10-20-47)61(75)53-33-29-49(30-34-53)50-31-35-54(36-32-50)62(76)70(42-38-48-21-11-6-12-22-48)44-56-28-18-40-72(56)64(78)58(52-25-15-8-16-26-52)68-60(74)46(2)66-4/h5-16,19-26,29-36,45-46,55-58,65-66H,17-18,27-28,37-44H2,1-4H3,(H,67,73)(H,68,74)/t45-,46-,55-,56+,57-,58-/m0/s1. The maximum absolute atomic E-state index is 14.6. The lowest BCUT2D eigenvalue weighted by Gasteiger charge is -2.34. The number of amides is 6. The monoisotopic (exact) mass is 1050 g/mol. The van der Waals surface area contributed by atoms with E-state index in [2.05, 4.69) is 21.3 Å². The quantitative estimate of drug-likeness (QED) is 0.0509. The van der Waals surface area contributed by atoms with E-state index in [1.165, 1.54) is 0 Å². The van der Waals surface area contributed by atoms with Crippen LogP contribution in [0.3, 0.4) is 0 Å². The zero-order chi connectivity index (χ0) is 55.0. The van der Waals surface area contributed by atoms with Gasteiger partial charge in [-0.05, 0) is 124 Å². The smallest absolute Gasteiger partial charge is 0.253 e. The maximum atomic E-state index is 14.6. The molecular formula is C64H74N8O6. The Morgan fingerprint density at radius 3 is 1.14 bits per heavy atom. The first-order valence-corrected chi connectivity index (χ1v) is 27.4. The second-order valence-electron chi connectivity index (χ2n) is 20.5. The van der Waals surface area contributed by atoms with Gasteiger partial charge in [-0.15, -0.1) is 0 Å². The Labute approximate surface area is 459 Å². The molecule has 4 N–H and O–H groups in total. The summed E-state index contributed by atoms with van der Waals surface area (Å²) in [5.74, 6) is -1.24. The number of carbonyl (C=O) groups excluding carboxylic acids is 6. The van der Waals surface area contributed by atoms with Crippen LogP contribution < -0.4 is 21.3 Å². The number of nitrogens with zero attached hydrogens (tertiary/aromatic N) is 4. The van der Waals surface area contributed by atoms with Gasteiger partial charge in [-0.2, -0.15) is 0 Å². The third-order valence-electron chi connectivity index (χ3n) is 15.4. The molecule has 14 nitrogen and oxygen atoms in total. The number of likely N-dealkylation sites (tertiary alicyclic amines) is 2. The number of rotatable bonds is 23. The molecule has 6 atom stereocenters. The van der Waals surface area contributed by atoms with E-state index in [1.807, 2.05) is 189 Å². The van der Waals surface area contributed by atoms with Crippen LogP contribution in [0, 0.1) is 0 Å². The lowest BCUT2D eigenvalue weighted by atomic mass is 10.0. The summed E-state index contributed by atoms with van der Waals surface area (Å²) in [6.45, 7) is 6.09. The molecule has 14 heteroatoms. The van der Waals surface area contributed by atoms with Crippen molar-refractivity contribution in [1.29, 1.82) is 0 Å². The van der Waals surface area contributed by atoms with Crippen molar-refractivity contribution in [1.82, 2.24) is 40.9 Å². The molecule has 6 aromatic carbocycles. The van der Waals surface area contributed by atoms with E-state index in [4.69, 9.17) is 0 Å². The summed E-state index contributed by atoms with van der Waals surface area (Å²) in [6.07, 6.45) is 4.26. The van der Waals surface area contributed by atoms with Crippen molar-refractivity contribution < 1.29 is 28.8 Å². The van der Waals surface area contributed by atoms with Crippen molar-refractivity contribution in [3.63, 3.8) is 0 Å². The summed E-state index contributed by atoms with van der Waals surface area (Å²) >= 11 is 0. The molecule has 0 radical (unpaired) electrons. The fraction of sp³-hybridized carbons (Fsp3) is 0.344. The third-order valence-corrected chi connectivity index (χ3v) is 15.4. The maximum Gasteiger partial charge on any atom is 0.253 e. The van der Waals surface area contributed by atoms with Crippen molar-refractivity contribution >= 4 is 35.4 Å². The Balaban J connectivity index is 0.980. The molecule has 2 saturated heterocycles. The summed E-state index contributed by atoms with van der Waals surface area (Å²) in [5, 5.41) is 11.9. The van der Waals surface area contributed by atoms with E-state index in [0.717, 1.165) is 47.9 Å². The van der Waals surface area contributed by atoms with Crippen LogP contribution >= 0.6 is 0 Å². The molecule has 0 aliphatic carbocycles. The van der Waals surface area contributed by atoms with Gasteiger partial charge in [0, 0.05) is 62.5 Å². The fourth-order valence-electron chi connectivity index (χ4n) is 10.5. The van der Waals surface area contributed by atoms with Gasteiger partial charge < -0.3 is 40.9 Å². The first-order valence-electron chi connectivity index (χ1n) is 27.4. The van der Waals surface area contributed by atoms with Crippen molar-refractivity contribution in [2.24, 2.45) is 0 Å². The number of carbonyl (C=O) groups is 6. The lowest BCUT2D eigenvalue weighted by Crippen LogP contribution is -2.51. The second-order valence-corrected chi connectivity index (χ2v) is 20.5. The molecule has 6 aromatic rings. The third kappa shape index (κ3) is 14.3. The molecule has 6 amide bonds. The van der Waals surface area contributed by atoms with Gasteiger partial charge in [0.15, 0.2) is 0 Å².